The van der Waals surface area contributed by atoms with Crippen molar-refractivity contribution in [2.45, 2.75) is 30.7 Å². The molecule has 2 aliphatic rings. The van der Waals surface area contributed by atoms with Gasteiger partial charge in [-0.1, -0.05) is 35.9 Å². The van der Waals surface area contributed by atoms with Gasteiger partial charge in [0, 0.05) is 60.3 Å². The number of hydrogen-bond acceptors (Lipinski definition) is 6. The molecule has 0 bridgehead atoms. The summed E-state index contributed by atoms with van der Waals surface area (Å²) >= 11 is 6.70. The van der Waals surface area contributed by atoms with Crippen LogP contribution in [-0.4, -0.2) is 49.4 Å². The van der Waals surface area contributed by atoms with E-state index in [0.717, 1.165) is 65.9 Å². The minimum atomic E-state index is -0.170. The van der Waals surface area contributed by atoms with E-state index in [1.165, 1.54) is 5.56 Å². The van der Waals surface area contributed by atoms with Gasteiger partial charge < -0.3 is 10.2 Å². The van der Waals surface area contributed by atoms with Crippen LogP contribution in [0.2, 0.25) is 5.02 Å². The van der Waals surface area contributed by atoms with E-state index in [2.05, 4.69) is 65.0 Å². The van der Waals surface area contributed by atoms with Gasteiger partial charge >= 0.3 is 0 Å². The van der Waals surface area contributed by atoms with Gasteiger partial charge in [-0.05, 0) is 72.9 Å². The summed E-state index contributed by atoms with van der Waals surface area (Å²) in [7, 11) is 0. The lowest BCUT2D eigenvalue weighted by Crippen LogP contribution is -2.37. The molecule has 1 saturated heterocycles. The molecular formula is C34H28ClN7O. The van der Waals surface area contributed by atoms with Crippen LogP contribution in [0.1, 0.15) is 40.9 Å². The lowest BCUT2D eigenvalue weighted by molar-refractivity contribution is 0.0940. The number of imidazole rings is 1. The average Bonchev–Trinajstić information content (AvgIpc) is 3.51. The van der Waals surface area contributed by atoms with Crippen molar-refractivity contribution in [1.82, 2.24) is 29.7 Å². The molecule has 1 saturated carbocycles. The molecule has 1 atom stereocenters. The zero-order valence-corrected chi connectivity index (χ0v) is 24.1. The standard InChI is InChI=1S/C34H28ClN7O/c35-28-17-22(6-8-27(28)32(43)40-26-10-15-41(21-26)31-5-1-2-13-37-31)24-18-38-33-39-19-30(42(33)20-24)34(11-12-34)25-7-9-29-23(16-25)4-3-14-36-29/h1-9,13-14,16-20,26H,10-12,15,21H2,(H,40,43). The number of carbonyl (C=O) groups is 1. The van der Waals surface area contributed by atoms with Gasteiger partial charge in [0.05, 0.1) is 28.0 Å². The van der Waals surface area contributed by atoms with E-state index in [1.807, 2.05) is 55.0 Å². The lowest BCUT2D eigenvalue weighted by Gasteiger charge is -2.18. The van der Waals surface area contributed by atoms with Crippen LogP contribution in [0.5, 0.6) is 0 Å². The molecule has 6 aromatic rings. The molecular weight excluding hydrogens is 558 g/mol. The number of amides is 1. The molecule has 8 rings (SSSR count). The number of fused-ring (bicyclic) bond motifs is 2. The highest BCUT2D eigenvalue weighted by molar-refractivity contribution is 6.34. The molecule has 1 aliphatic heterocycles. The van der Waals surface area contributed by atoms with Crippen LogP contribution in [0.4, 0.5) is 5.82 Å². The van der Waals surface area contributed by atoms with Crippen LogP contribution in [-0.2, 0) is 5.41 Å². The van der Waals surface area contributed by atoms with Gasteiger partial charge in [0.2, 0.25) is 5.78 Å². The van der Waals surface area contributed by atoms with E-state index in [1.54, 1.807) is 12.3 Å². The predicted molar refractivity (Wildman–Crippen MR) is 168 cm³/mol. The quantitative estimate of drug-likeness (QED) is 0.255. The lowest BCUT2D eigenvalue weighted by atomic mass is 9.91. The normalized spacial score (nSPS) is 17.4. The molecule has 1 aliphatic carbocycles. The van der Waals surface area contributed by atoms with Crippen molar-refractivity contribution >= 4 is 40.0 Å². The zero-order valence-electron chi connectivity index (χ0n) is 23.3. The number of aromatic nitrogens is 5. The highest BCUT2D eigenvalue weighted by atomic mass is 35.5. The van der Waals surface area contributed by atoms with Crippen LogP contribution in [0.25, 0.3) is 27.8 Å². The summed E-state index contributed by atoms with van der Waals surface area (Å²) in [6.45, 7) is 1.56. The molecule has 0 spiro atoms. The van der Waals surface area contributed by atoms with E-state index in [9.17, 15) is 4.79 Å². The molecule has 0 radical (unpaired) electrons. The smallest absolute Gasteiger partial charge is 0.253 e. The first-order valence-electron chi connectivity index (χ1n) is 14.5. The van der Waals surface area contributed by atoms with E-state index in [4.69, 9.17) is 11.6 Å². The van der Waals surface area contributed by atoms with Crippen LogP contribution in [0, 0.1) is 0 Å². The monoisotopic (exact) mass is 585 g/mol. The van der Waals surface area contributed by atoms with E-state index < -0.39 is 0 Å². The third kappa shape index (κ3) is 4.58. The SMILES string of the molecule is O=C(NC1CCN(c2ccccn2)C1)c1ccc(-c2cnc3ncc(C4(c5ccc6ncccc6c5)CC4)n3c2)cc1Cl. The number of anilines is 1. The first-order chi connectivity index (χ1) is 21.1. The summed E-state index contributed by atoms with van der Waals surface area (Å²) in [5.41, 5.74) is 5.54. The third-order valence-electron chi connectivity index (χ3n) is 8.80. The molecule has 212 valence electrons. The number of benzene rings is 2. The minimum absolute atomic E-state index is 0.0325. The van der Waals surface area contributed by atoms with Crippen LogP contribution >= 0.6 is 11.6 Å². The molecule has 5 heterocycles. The van der Waals surface area contributed by atoms with Crippen molar-refractivity contribution in [3.8, 4) is 11.1 Å². The number of nitrogens with zero attached hydrogens (tertiary/aromatic N) is 6. The topological polar surface area (TPSA) is 88.3 Å². The van der Waals surface area contributed by atoms with E-state index in [0.29, 0.717) is 16.4 Å². The van der Waals surface area contributed by atoms with E-state index in [-0.39, 0.29) is 17.4 Å². The number of carbonyl (C=O) groups excluding carboxylic acids is 1. The van der Waals surface area contributed by atoms with Gasteiger partial charge in [-0.2, -0.15) is 0 Å². The fourth-order valence-electron chi connectivity index (χ4n) is 6.34. The summed E-state index contributed by atoms with van der Waals surface area (Å²) < 4.78 is 2.09. The summed E-state index contributed by atoms with van der Waals surface area (Å²) in [6.07, 6.45) is 12.4. The molecule has 1 N–H and O–H groups in total. The van der Waals surface area contributed by atoms with Gasteiger partial charge in [0.15, 0.2) is 0 Å². The van der Waals surface area contributed by atoms with Gasteiger partial charge in [-0.3, -0.25) is 14.2 Å². The largest absolute Gasteiger partial charge is 0.354 e. The fourth-order valence-corrected chi connectivity index (χ4v) is 6.60. The highest BCUT2D eigenvalue weighted by Gasteiger charge is 2.48. The molecule has 8 nitrogen and oxygen atoms in total. The fraction of sp³-hybridized carbons (Fsp3) is 0.206. The van der Waals surface area contributed by atoms with Crippen molar-refractivity contribution in [2.75, 3.05) is 18.0 Å². The molecule has 1 amide bonds. The predicted octanol–water partition coefficient (Wildman–Crippen LogP) is 6.08. The zero-order chi connectivity index (χ0) is 29.0. The van der Waals surface area contributed by atoms with Crippen molar-refractivity contribution in [2.24, 2.45) is 0 Å². The second-order valence-corrected chi connectivity index (χ2v) is 11.8. The van der Waals surface area contributed by atoms with Crippen molar-refractivity contribution < 1.29 is 4.79 Å². The number of pyridine rings is 2. The minimum Gasteiger partial charge on any atom is -0.354 e. The summed E-state index contributed by atoms with van der Waals surface area (Å²) in [5, 5.41) is 4.69. The molecule has 2 fully saturated rings. The van der Waals surface area contributed by atoms with Gasteiger partial charge in [-0.25, -0.2) is 15.0 Å². The summed E-state index contributed by atoms with van der Waals surface area (Å²) in [5.74, 6) is 1.41. The Balaban J connectivity index is 1.04. The number of rotatable bonds is 6. The Kier molecular flexibility index (Phi) is 6.11. The first kappa shape index (κ1) is 25.9. The Hall–Kier alpha value is -4.82. The van der Waals surface area contributed by atoms with Gasteiger partial charge in [0.1, 0.15) is 5.82 Å². The van der Waals surface area contributed by atoms with Gasteiger partial charge in [0.25, 0.3) is 5.91 Å². The Labute approximate surface area is 253 Å². The van der Waals surface area contributed by atoms with E-state index >= 15 is 0 Å². The maximum Gasteiger partial charge on any atom is 0.253 e. The second-order valence-electron chi connectivity index (χ2n) is 11.4. The summed E-state index contributed by atoms with van der Waals surface area (Å²) in [4.78, 5) is 33.6. The summed E-state index contributed by atoms with van der Waals surface area (Å²) in [6, 6.07) is 22.1. The molecule has 9 heteroatoms. The maximum absolute atomic E-state index is 13.2. The number of hydrogen-bond donors (Lipinski definition) is 1. The van der Waals surface area contributed by atoms with Crippen LogP contribution in [0.15, 0.2) is 97.7 Å². The van der Waals surface area contributed by atoms with Crippen molar-refractivity contribution in [1.29, 1.82) is 0 Å². The number of halogens is 1. The molecule has 43 heavy (non-hydrogen) atoms. The third-order valence-corrected chi connectivity index (χ3v) is 9.12. The van der Waals surface area contributed by atoms with Gasteiger partial charge in [-0.15, -0.1) is 0 Å². The Morgan fingerprint density at radius 2 is 1.79 bits per heavy atom. The Morgan fingerprint density at radius 3 is 2.63 bits per heavy atom. The maximum atomic E-state index is 13.2. The Bertz CT molecular complexity index is 2000. The average molecular weight is 586 g/mol. The van der Waals surface area contributed by atoms with Crippen molar-refractivity contribution in [3.63, 3.8) is 0 Å². The molecule has 1 unspecified atom stereocenters. The van der Waals surface area contributed by atoms with Crippen molar-refractivity contribution in [3.05, 3.63) is 120 Å². The van der Waals surface area contributed by atoms with Crippen LogP contribution < -0.4 is 10.2 Å². The van der Waals surface area contributed by atoms with Crippen LogP contribution in [0.3, 0.4) is 0 Å². The molecule has 4 aromatic heterocycles. The second kappa shape index (κ2) is 10.2. The molecule has 2 aromatic carbocycles. The Morgan fingerprint density at radius 1 is 0.907 bits per heavy atom. The highest BCUT2D eigenvalue weighted by Crippen LogP contribution is 2.53. The first-order valence-corrected chi connectivity index (χ1v) is 14.9. The number of nitrogens with one attached hydrogen (secondary N) is 1.